The number of imide groups is 3. The van der Waals surface area contributed by atoms with Gasteiger partial charge in [-0.25, -0.2) is 9.69 Å². The van der Waals surface area contributed by atoms with Crippen molar-refractivity contribution in [2.75, 3.05) is 14.2 Å². The molecule has 6 N–H and O–H groups in total. The van der Waals surface area contributed by atoms with E-state index in [1.807, 2.05) is 48.5 Å². The SMILES string of the molecule is COc1ccc(CC(=O)N(C(=O)[C@H](Cc2c[nH]c3ccccc23)NC(=O)OC(C)(C)C)C(=O)[C@H](CC(=O)O)NC(=O)[C@@H](N)Cc2ccc3ccccc3c2)cc1OC. The van der Waals surface area contributed by atoms with Gasteiger partial charge in [-0.1, -0.05) is 66.7 Å². The molecule has 0 radical (unpaired) electrons. The number of aliphatic carboxylic acids is 1. The zero-order valence-electron chi connectivity index (χ0n) is 32.9. The lowest BCUT2D eigenvalue weighted by Crippen LogP contribution is -2.60. The third kappa shape index (κ3) is 10.8. The number of fused-ring (bicyclic) bond motifs is 2. The van der Waals surface area contributed by atoms with Crippen molar-refractivity contribution in [2.45, 2.75) is 70.2 Å². The molecule has 4 aromatic carbocycles. The minimum atomic E-state index is -1.93. The van der Waals surface area contributed by atoms with Gasteiger partial charge in [0.05, 0.1) is 33.1 Å². The summed E-state index contributed by atoms with van der Waals surface area (Å²) in [5.74, 6) is -5.42. The summed E-state index contributed by atoms with van der Waals surface area (Å²) < 4.78 is 16.1. The maximum atomic E-state index is 14.7. The smallest absolute Gasteiger partial charge is 0.408 e. The summed E-state index contributed by atoms with van der Waals surface area (Å²) >= 11 is 0. The zero-order valence-corrected chi connectivity index (χ0v) is 32.9. The standard InChI is InChI=1S/C43H47N5O10/c1-43(2,3)58-42(55)47-33(22-29-24-45-32-13-9-8-12-30(29)32)40(53)48(37(49)21-26-15-17-35(56-4)36(20-26)57-5)41(54)34(23-38(50)51)46-39(52)31(44)19-25-14-16-27-10-6-7-11-28(27)18-25/h6-18,20,24,31,33-34,45H,19,21-23,44H2,1-5H3,(H,46,52)(H,47,55)(H,50,51)/t31-,33-,34-/m0/s1. The van der Waals surface area contributed by atoms with E-state index in [0.29, 0.717) is 27.8 Å². The van der Waals surface area contributed by atoms with Crippen molar-refractivity contribution < 1.29 is 48.1 Å². The molecule has 0 aliphatic carbocycles. The molecule has 0 aliphatic rings. The van der Waals surface area contributed by atoms with Gasteiger partial charge in [0.2, 0.25) is 11.8 Å². The number of carboxylic acid groups (broad SMARTS) is 1. The molecule has 0 saturated heterocycles. The number of H-pyrrole nitrogens is 1. The molecule has 0 bridgehead atoms. The van der Waals surface area contributed by atoms with Gasteiger partial charge >= 0.3 is 12.1 Å². The van der Waals surface area contributed by atoms with Crippen molar-refractivity contribution in [3.63, 3.8) is 0 Å². The Hall–Kier alpha value is -6.74. The molecule has 15 nitrogen and oxygen atoms in total. The number of amides is 5. The van der Waals surface area contributed by atoms with E-state index >= 15 is 0 Å². The number of alkyl carbamates (subject to hydrolysis) is 1. The van der Waals surface area contributed by atoms with Crippen LogP contribution in [0.5, 0.6) is 11.5 Å². The van der Waals surface area contributed by atoms with E-state index in [4.69, 9.17) is 19.9 Å². The van der Waals surface area contributed by atoms with Gasteiger partial charge in [0.1, 0.15) is 17.7 Å². The van der Waals surface area contributed by atoms with Crippen molar-refractivity contribution in [3.05, 3.63) is 108 Å². The number of hydrogen-bond donors (Lipinski definition) is 5. The van der Waals surface area contributed by atoms with Crippen LogP contribution in [0, 0.1) is 0 Å². The Morgan fingerprint density at radius 1 is 0.776 bits per heavy atom. The Morgan fingerprint density at radius 2 is 1.43 bits per heavy atom. The lowest BCUT2D eigenvalue weighted by Gasteiger charge is -2.29. The van der Waals surface area contributed by atoms with E-state index in [0.717, 1.165) is 16.3 Å². The molecular weight excluding hydrogens is 746 g/mol. The Balaban J connectivity index is 1.51. The number of nitrogens with two attached hydrogens (primary N) is 1. The van der Waals surface area contributed by atoms with E-state index in [1.54, 1.807) is 45.2 Å². The topological polar surface area (TPSA) is 219 Å². The molecule has 5 rings (SSSR count). The lowest BCUT2D eigenvalue weighted by atomic mass is 10.0. The molecule has 0 saturated carbocycles. The third-order valence-electron chi connectivity index (χ3n) is 9.18. The number of ether oxygens (including phenoxy) is 3. The maximum absolute atomic E-state index is 14.7. The van der Waals surface area contributed by atoms with Crippen LogP contribution in [0.25, 0.3) is 21.7 Å². The number of methoxy groups -OCH3 is 2. The fraction of sp³-hybridized carbons (Fsp3) is 0.302. The molecule has 58 heavy (non-hydrogen) atoms. The predicted octanol–water partition coefficient (Wildman–Crippen LogP) is 4.43. The fourth-order valence-corrected chi connectivity index (χ4v) is 6.45. The van der Waals surface area contributed by atoms with Gasteiger partial charge in [-0.2, -0.15) is 0 Å². The normalized spacial score (nSPS) is 12.9. The van der Waals surface area contributed by atoms with Gasteiger partial charge in [0, 0.05) is 23.5 Å². The van der Waals surface area contributed by atoms with Crippen LogP contribution in [-0.4, -0.2) is 88.6 Å². The number of para-hydroxylation sites is 1. The van der Waals surface area contributed by atoms with Crippen LogP contribution in [0.15, 0.2) is 91.1 Å². The summed E-state index contributed by atoms with van der Waals surface area (Å²) in [6.45, 7) is 4.86. The first-order valence-corrected chi connectivity index (χ1v) is 18.5. The van der Waals surface area contributed by atoms with Crippen molar-refractivity contribution in [1.29, 1.82) is 0 Å². The number of aromatic amines is 1. The van der Waals surface area contributed by atoms with E-state index in [9.17, 15) is 33.9 Å². The summed E-state index contributed by atoms with van der Waals surface area (Å²) in [5, 5.41) is 17.4. The minimum absolute atomic E-state index is 0.0258. The summed E-state index contributed by atoms with van der Waals surface area (Å²) in [6, 6.07) is 20.1. The number of hydrogen-bond acceptors (Lipinski definition) is 10. The van der Waals surface area contributed by atoms with Crippen LogP contribution >= 0.6 is 0 Å². The van der Waals surface area contributed by atoms with E-state index in [2.05, 4.69) is 15.6 Å². The summed E-state index contributed by atoms with van der Waals surface area (Å²) in [5.41, 5.74) is 7.59. The number of benzene rings is 4. The summed E-state index contributed by atoms with van der Waals surface area (Å²) in [6.07, 6.45) is -1.14. The molecule has 304 valence electrons. The molecule has 5 amide bonds. The zero-order chi connectivity index (χ0) is 42.1. The molecule has 5 aromatic rings. The Kier molecular flexibility index (Phi) is 13.5. The summed E-state index contributed by atoms with van der Waals surface area (Å²) in [7, 11) is 2.82. The number of rotatable bonds is 15. The van der Waals surface area contributed by atoms with Crippen LogP contribution in [-0.2, 0) is 48.0 Å². The van der Waals surface area contributed by atoms with Crippen LogP contribution < -0.4 is 25.8 Å². The van der Waals surface area contributed by atoms with E-state index in [1.165, 1.54) is 32.4 Å². The number of aromatic nitrogens is 1. The van der Waals surface area contributed by atoms with Gasteiger partial charge in [-0.3, -0.25) is 24.0 Å². The Bertz CT molecular complexity index is 2330. The first kappa shape index (κ1) is 42.4. The quantitative estimate of drug-likeness (QED) is 0.0999. The van der Waals surface area contributed by atoms with Gasteiger partial charge in [0.15, 0.2) is 11.5 Å². The van der Waals surface area contributed by atoms with Gasteiger partial charge < -0.3 is 40.7 Å². The monoisotopic (exact) mass is 793 g/mol. The Morgan fingerprint density at radius 3 is 2.12 bits per heavy atom. The van der Waals surface area contributed by atoms with Gasteiger partial charge in [-0.05, 0) is 72.9 Å². The minimum Gasteiger partial charge on any atom is -0.493 e. The molecule has 15 heteroatoms. The number of nitrogens with zero attached hydrogens (tertiary/aromatic N) is 1. The van der Waals surface area contributed by atoms with Crippen LogP contribution in [0.4, 0.5) is 4.79 Å². The second-order valence-electron chi connectivity index (χ2n) is 14.7. The van der Waals surface area contributed by atoms with Gasteiger partial charge in [-0.15, -0.1) is 0 Å². The third-order valence-corrected chi connectivity index (χ3v) is 9.18. The highest BCUT2D eigenvalue weighted by Gasteiger charge is 2.40. The first-order chi connectivity index (χ1) is 27.6. The van der Waals surface area contributed by atoms with Crippen molar-refractivity contribution in [1.82, 2.24) is 20.5 Å². The molecule has 1 heterocycles. The van der Waals surface area contributed by atoms with Crippen molar-refractivity contribution in [3.8, 4) is 11.5 Å². The Labute approximate surface area is 334 Å². The molecule has 0 fully saturated rings. The number of nitrogens with one attached hydrogen (secondary N) is 3. The van der Waals surface area contributed by atoms with Crippen LogP contribution in [0.1, 0.15) is 43.9 Å². The molecule has 3 atom stereocenters. The highest BCUT2D eigenvalue weighted by Crippen LogP contribution is 2.28. The predicted molar refractivity (Wildman–Crippen MR) is 215 cm³/mol. The second-order valence-corrected chi connectivity index (χ2v) is 14.7. The van der Waals surface area contributed by atoms with Gasteiger partial charge in [0.25, 0.3) is 11.8 Å². The molecule has 0 unspecified atom stereocenters. The highest BCUT2D eigenvalue weighted by atomic mass is 16.6. The van der Waals surface area contributed by atoms with E-state index < -0.39 is 72.3 Å². The van der Waals surface area contributed by atoms with Crippen LogP contribution in [0.2, 0.25) is 0 Å². The first-order valence-electron chi connectivity index (χ1n) is 18.5. The molecule has 1 aromatic heterocycles. The number of carboxylic acids is 1. The molecule has 0 spiro atoms. The second kappa shape index (κ2) is 18.5. The van der Waals surface area contributed by atoms with Crippen molar-refractivity contribution in [2.24, 2.45) is 5.73 Å². The largest absolute Gasteiger partial charge is 0.493 e. The lowest BCUT2D eigenvalue weighted by molar-refractivity contribution is -0.158. The molecular formula is C43H47N5O10. The van der Waals surface area contributed by atoms with Crippen LogP contribution in [0.3, 0.4) is 0 Å². The number of carbonyl (C=O) groups excluding carboxylic acids is 5. The van der Waals surface area contributed by atoms with E-state index in [-0.39, 0.29) is 23.5 Å². The summed E-state index contributed by atoms with van der Waals surface area (Å²) in [4.78, 5) is 85.9. The average Bonchev–Trinajstić information content (AvgIpc) is 3.58. The highest BCUT2D eigenvalue weighted by molar-refractivity contribution is 6.15. The molecule has 0 aliphatic heterocycles. The maximum Gasteiger partial charge on any atom is 0.408 e. The number of carbonyl (C=O) groups is 6. The average molecular weight is 794 g/mol. The fourth-order valence-electron chi connectivity index (χ4n) is 6.45. The van der Waals surface area contributed by atoms with Crippen molar-refractivity contribution >= 4 is 57.4 Å².